The van der Waals surface area contributed by atoms with Gasteiger partial charge in [0.15, 0.2) is 0 Å². The third-order valence-corrected chi connectivity index (χ3v) is 5.14. The zero-order valence-electron chi connectivity index (χ0n) is 11.5. The molecule has 1 aromatic rings. The van der Waals surface area contributed by atoms with Crippen LogP contribution in [0.15, 0.2) is 24.3 Å². The van der Waals surface area contributed by atoms with Crippen molar-refractivity contribution in [1.82, 2.24) is 0 Å². The minimum Gasteiger partial charge on any atom is -0.321 e. The SMILES string of the molecule is Cc1cccc(C2(N)CC3(CCCCCC3)C2)c1. The first-order valence-corrected chi connectivity index (χ1v) is 7.48. The average Bonchev–Trinajstić information content (AvgIpc) is 2.54. The predicted octanol–water partition coefficient (Wildman–Crippen LogP) is 4.28. The molecule has 0 heterocycles. The van der Waals surface area contributed by atoms with E-state index in [0.29, 0.717) is 5.41 Å². The van der Waals surface area contributed by atoms with Crippen molar-refractivity contribution in [3.05, 3.63) is 35.4 Å². The molecule has 2 aliphatic rings. The second-order valence-electron chi connectivity index (χ2n) is 6.79. The third kappa shape index (κ3) is 2.09. The Morgan fingerprint density at radius 3 is 2.28 bits per heavy atom. The van der Waals surface area contributed by atoms with Gasteiger partial charge in [-0.1, -0.05) is 55.5 Å². The zero-order chi connectivity index (χ0) is 12.6. The molecular weight excluding hydrogens is 218 g/mol. The lowest BCUT2D eigenvalue weighted by Gasteiger charge is -2.55. The summed E-state index contributed by atoms with van der Waals surface area (Å²) in [6, 6.07) is 8.81. The first-order valence-electron chi connectivity index (χ1n) is 7.48. The van der Waals surface area contributed by atoms with E-state index in [9.17, 15) is 0 Å². The summed E-state index contributed by atoms with van der Waals surface area (Å²) in [4.78, 5) is 0. The van der Waals surface area contributed by atoms with E-state index in [4.69, 9.17) is 5.73 Å². The summed E-state index contributed by atoms with van der Waals surface area (Å²) in [5, 5.41) is 0. The molecule has 1 nitrogen and oxygen atoms in total. The molecule has 0 unspecified atom stereocenters. The normalized spacial score (nSPS) is 25.4. The Balaban J connectivity index is 1.76. The van der Waals surface area contributed by atoms with Gasteiger partial charge in [-0.05, 0) is 43.6 Å². The van der Waals surface area contributed by atoms with E-state index >= 15 is 0 Å². The number of benzene rings is 1. The third-order valence-electron chi connectivity index (χ3n) is 5.14. The van der Waals surface area contributed by atoms with Gasteiger partial charge in [0.1, 0.15) is 0 Å². The van der Waals surface area contributed by atoms with Crippen LogP contribution in [0.2, 0.25) is 0 Å². The number of rotatable bonds is 1. The summed E-state index contributed by atoms with van der Waals surface area (Å²) >= 11 is 0. The van der Waals surface area contributed by atoms with E-state index in [1.807, 2.05) is 0 Å². The number of aryl methyl sites for hydroxylation is 1. The minimum atomic E-state index is -0.0314. The topological polar surface area (TPSA) is 26.0 Å². The van der Waals surface area contributed by atoms with Gasteiger partial charge in [0.05, 0.1) is 0 Å². The van der Waals surface area contributed by atoms with E-state index in [0.717, 1.165) is 0 Å². The second kappa shape index (κ2) is 4.38. The first-order chi connectivity index (χ1) is 8.62. The van der Waals surface area contributed by atoms with Gasteiger partial charge in [-0.3, -0.25) is 0 Å². The Morgan fingerprint density at radius 2 is 1.67 bits per heavy atom. The van der Waals surface area contributed by atoms with E-state index in [2.05, 4.69) is 31.2 Å². The lowest BCUT2D eigenvalue weighted by atomic mass is 9.52. The van der Waals surface area contributed by atoms with Crippen LogP contribution in [-0.4, -0.2) is 0 Å². The van der Waals surface area contributed by atoms with Crippen LogP contribution in [0.25, 0.3) is 0 Å². The summed E-state index contributed by atoms with van der Waals surface area (Å²) in [6.45, 7) is 2.16. The fourth-order valence-corrected chi connectivity index (χ4v) is 4.28. The summed E-state index contributed by atoms with van der Waals surface area (Å²) < 4.78 is 0. The van der Waals surface area contributed by atoms with Crippen molar-refractivity contribution >= 4 is 0 Å². The Bertz CT molecular complexity index is 419. The Kier molecular flexibility index (Phi) is 2.97. The minimum absolute atomic E-state index is 0.0314. The maximum absolute atomic E-state index is 6.65. The summed E-state index contributed by atoms with van der Waals surface area (Å²) in [5.41, 5.74) is 9.90. The van der Waals surface area contributed by atoms with Crippen LogP contribution in [-0.2, 0) is 5.54 Å². The molecule has 3 rings (SSSR count). The van der Waals surface area contributed by atoms with Crippen molar-refractivity contribution in [2.45, 2.75) is 63.8 Å². The van der Waals surface area contributed by atoms with E-state index in [1.54, 1.807) is 0 Å². The van der Waals surface area contributed by atoms with Crippen molar-refractivity contribution in [3.63, 3.8) is 0 Å². The van der Waals surface area contributed by atoms with Crippen LogP contribution < -0.4 is 5.73 Å². The van der Waals surface area contributed by atoms with Gasteiger partial charge in [-0.25, -0.2) is 0 Å². The molecule has 1 spiro atoms. The Morgan fingerprint density at radius 1 is 1.00 bits per heavy atom. The second-order valence-corrected chi connectivity index (χ2v) is 6.79. The highest BCUT2D eigenvalue weighted by atomic mass is 14.8. The fourth-order valence-electron chi connectivity index (χ4n) is 4.28. The molecule has 98 valence electrons. The molecule has 2 aliphatic carbocycles. The lowest BCUT2D eigenvalue weighted by molar-refractivity contribution is 0.00961. The highest BCUT2D eigenvalue weighted by Crippen LogP contribution is 2.58. The quantitative estimate of drug-likeness (QED) is 0.782. The van der Waals surface area contributed by atoms with E-state index < -0.39 is 0 Å². The zero-order valence-corrected chi connectivity index (χ0v) is 11.5. The molecule has 0 atom stereocenters. The molecule has 18 heavy (non-hydrogen) atoms. The van der Waals surface area contributed by atoms with Crippen LogP contribution in [0.5, 0.6) is 0 Å². The van der Waals surface area contributed by atoms with Crippen LogP contribution in [0.4, 0.5) is 0 Å². The maximum atomic E-state index is 6.65. The summed E-state index contributed by atoms with van der Waals surface area (Å²) in [6.07, 6.45) is 11.0. The molecule has 2 saturated carbocycles. The number of nitrogens with two attached hydrogens (primary N) is 1. The molecule has 0 aliphatic heterocycles. The highest BCUT2D eigenvalue weighted by Gasteiger charge is 2.52. The summed E-state index contributed by atoms with van der Waals surface area (Å²) in [7, 11) is 0. The van der Waals surface area contributed by atoms with Crippen LogP contribution >= 0.6 is 0 Å². The molecule has 1 aromatic carbocycles. The molecule has 0 radical (unpaired) electrons. The largest absolute Gasteiger partial charge is 0.321 e. The van der Waals surface area contributed by atoms with E-state index in [1.165, 1.54) is 62.5 Å². The molecule has 1 heteroatoms. The average molecular weight is 243 g/mol. The van der Waals surface area contributed by atoms with Crippen molar-refractivity contribution in [1.29, 1.82) is 0 Å². The van der Waals surface area contributed by atoms with E-state index in [-0.39, 0.29) is 5.54 Å². The van der Waals surface area contributed by atoms with Crippen molar-refractivity contribution in [3.8, 4) is 0 Å². The van der Waals surface area contributed by atoms with Gasteiger partial charge in [0.2, 0.25) is 0 Å². The van der Waals surface area contributed by atoms with Gasteiger partial charge in [-0.2, -0.15) is 0 Å². The van der Waals surface area contributed by atoms with Gasteiger partial charge in [0, 0.05) is 5.54 Å². The Hall–Kier alpha value is -0.820. The standard InChI is InChI=1S/C17H25N/c1-14-7-6-8-15(11-14)17(18)12-16(13-17)9-4-2-3-5-10-16/h6-8,11H,2-5,9-10,12-13,18H2,1H3. The number of hydrogen-bond acceptors (Lipinski definition) is 1. The van der Waals surface area contributed by atoms with Gasteiger partial charge >= 0.3 is 0 Å². The summed E-state index contributed by atoms with van der Waals surface area (Å²) in [5.74, 6) is 0. The van der Waals surface area contributed by atoms with Crippen molar-refractivity contribution in [2.75, 3.05) is 0 Å². The van der Waals surface area contributed by atoms with Gasteiger partial charge in [0.25, 0.3) is 0 Å². The molecule has 0 saturated heterocycles. The fraction of sp³-hybridized carbons (Fsp3) is 0.647. The molecule has 2 fully saturated rings. The first kappa shape index (κ1) is 12.2. The van der Waals surface area contributed by atoms with Crippen LogP contribution in [0.3, 0.4) is 0 Å². The molecule has 0 aromatic heterocycles. The monoisotopic (exact) mass is 243 g/mol. The molecule has 0 bridgehead atoms. The Labute approximate surface area is 111 Å². The smallest absolute Gasteiger partial charge is 0.0420 e. The van der Waals surface area contributed by atoms with Crippen molar-refractivity contribution < 1.29 is 0 Å². The van der Waals surface area contributed by atoms with Crippen molar-refractivity contribution in [2.24, 2.45) is 11.1 Å². The highest BCUT2D eigenvalue weighted by molar-refractivity contribution is 5.32. The van der Waals surface area contributed by atoms with Gasteiger partial charge < -0.3 is 5.73 Å². The van der Waals surface area contributed by atoms with Crippen LogP contribution in [0, 0.1) is 12.3 Å². The lowest BCUT2D eigenvalue weighted by Crippen LogP contribution is -2.55. The molecular formula is C17H25N. The molecule has 0 amide bonds. The van der Waals surface area contributed by atoms with Crippen LogP contribution in [0.1, 0.15) is 62.5 Å². The maximum Gasteiger partial charge on any atom is 0.0420 e. The predicted molar refractivity (Wildman–Crippen MR) is 76.4 cm³/mol. The van der Waals surface area contributed by atoms with Gasteiger partial charge in [-0.15, -0.1) is 0 Å². The number of hydrogen-bond donors (Lipinski definition) is 1. The molecule has 2 N–H and O–H groups in total.